The molecule has 0 fully saturated rings. The quantitative estimate of drug-likeness (QED) is 0.702. The van der Waals surface area contributed by atoms with Crippen LogP contribution in [0.2, 0.25) is 0 Å². The van der Waals surface area contributed by atoms with Gasteiger partial charge in [0.25, 0.3) is 0 Å². The molecule has 1 atom stereocenters. The molecular formula is C10H14O2P+. The molecule has 0 saturated heterocycles. The van der Waals surface area contributed by atoms with Gasteiger partial charge in [-0.15, -0.1) is 0 Å². The Kier molecular flexibility index (Phi) is 2.72. The first-order valence-corrected chi connectivity index (χ1v) is 5.43. The average molecular weight is 197 g/mol. The Morgan fingerprint density at radius 1 is 1.15 bits per heavy atom. The van der Waals surface area contributed by atoms with Crippen LogP contribution >= 0.6 is 7.80 Å². The highest BCUT2D eigenvalue weighted by Crippen LogP contribution is 2.37. The van der Waals surface area contributed by atoms with Crippen LogP contribution in [0.1, 0.15) is 20.8 Å². The van der Waals surface area contributed by atoms with Crippen molar-refractivity contribution in [1.82, 2.24) is 0 Å². The standard InChI is InChI=1S/C10H13O2P/c1-10(2,3)13(12)9-6-4-8(11)5-7-9/h4-7H,1-3H3/p+1. The van der Waals surface area contributed by atoms with E-state index in [4.69, 9.17) is 5.11 Å². The van der Waals surface area contributed by atoms with E-state index in [1.165, 1.54) is 0 Å². The van der Waals surface area contributed by atoms with Crippen LogP contribution in [0.4, 0.5) is 0 Å². The highest BCUT2D eigenvalue weighted by atomic mass is 31.1. The minimum Gasteiger partial charge on any atom is -0.508 e. The molecule has 3 heteroatoms. The molecule has 1 unspecified atom stereocenters. The Morgan fingerprint density at radius 3 is 2.00 bits per heavy atom. The van der Waals surface area contributed by atoms with Gasteiger partial charge in [0.15, 0.2) is 10.5 Å². The van der Waals surface area contributed by atoms with Gasteiger partial charge in [-0.3, -0.25) is 0 Å². The van der Waals surface area contributed by atoms with Gasteiger partial charge in [-0.1, -0.05) is 4.57 Å². The molecule has 0 aromatic heterocycles. The van der Waals surface area contributed by atoms with Crippen LogP contribution in [0.25, 0.3) is 0 Å². The lowest BCUT2D eigenvalue weighted by atomic mass is 10.3. The average Bonchev–Trinajstić information content (AvgIpc) is 2.03. The molecule has 0 heterocycles. The second kappa shape index (κ2) is 3.47. The smallest absolute Gasteiger partial charge is 0.382 e. The highest BCUT2D eigenvalue weighted by molar-refractivity contribution is 7.55. The number of hydrogen-bond donors (Lipinski definition) is 1. The number of phenolic OH excluding ortho intramolecular Hbond substituents is 1. The van der Waals surface area contributed by atoms with Crippen molar-refractivity contribution in [3.05, 3.63) is 24.3 Å². The zero-order valence-electron chi connectivity index (χ0n) is 8.11. The molecule has 0 aliphatic heterocycles. The Morgan fingerprint density at radius 2 is 1.62 bits per heavy atom. The highest BCUT2D eigenvalue weighted by Gasteiger charge is 2.36. The molecule has 13 heavy (non-hydrogen) atoms. The number of rotatable bonds is 1. The third-order valence-corrected chi connectivity index (χ3v) is 3.68. The Balaban J connectivity index is 2.97. The van der Waals surface area contributed by atoms with Crippen molar-refractivity contribution in [2.24, 2.45) is 0 Å². The van der Waals surface area contributed by atoms with Crippen LogP contribution in [-0.2, 0) is 4.57 Å². The van der Waals surface area contributed by atoms with Crippen LogP contribution in [-0.4, -0.2) is 10.3 Å². The summed E-state index contributed by atoms with van der Waals surface area (Å²) >= 11 is 0. The van der Waals surface area contributed by atoms with Crippen molar-refractivity contribution in [2.75, 3.05) is 0 Å². The summed E-state index contributed by atoms with van der Waals surface area (Å²) < 4.78 is 11.8. The van der Waals surface area contributed by atoms with Crippen molar-refractivity contribution in [3.63, 3.8) is 0 Å². The molecule has 1 aromatic rings. The molecule has 0 radical (unpaired) electrons. The summed E-state index contributed by atoms with van der Waals surface area (Å²) in [5.41, 5.74) is 0. The Bertz CT molecular complexity index is 309. The predicted molar refractivity (Wildman–Crippen MR) is 55.1 cm³/mol. The van der Waals surface area contributed by atoms with E-state index in [-0.39, 0.29) is 10.9 Å². The molecule has 1 aromatic carbocycles. The number of benzene rings is 1. The minimum absolute atomic E-state index is 0.209. The van der Waals surface area contributed by atoms with E-state index in [1.54, 1.807) is 24.3 Å². The fourth-order valence-electron chi connectivity index (χ4n) is 0.975. The molecule has 1 N–H and O–H groups in total. The predicted octanol–water partition coefficient (Wildman–Crippen LogP) is 2.64. The second-order valence-corrected chi connectivity index (χ2v) is 6.43. The van der Waals surface area contributed by atoms with Crippen LogP contribution in [0.15, 0.2) is 24.3 Å². The molecule has 0 bridgehead atoms. The van der Waals surface area contributed by atoms with E-state index in [1.807, 2.05) is 20.8 Å². The SMILES string of the molecule is CC(C)(C)[P+](=O)c1ccc(O)cc1. The summed E-state index contributed by atoms with van der Waals surface area (Å²) in [6.07, 6.45) is 0. The van der Waals surface area contributed by atoms with Gasteiger partial charge in [0.1, 0.15) is 5.75 Å². The van der Waals surface area contributed by atoms with Gasteiger partial charge < -0.3 is 5.11 Å². The van der Waals surface area contributed by atoms with Gasteiger partial charge in [0.05, 0.1) is 0 Å². The zero-order valence-corrected chi connectivity index (χ0v) is 9.01. The summed E-state index contributed by atoms with van der Waals surface area (Å²) in [5.74, 6) is 0.209. The number of phenols is 1. The van der Waals surface area contributed by atoms with E-state index < -0.39 is 7.80 Å². The van der Waals surface area contributed by atoms with Crippen molar-refractivity contribution in [2.45, 2.75) is 25.9 Å². The fourth-order valence-corrected chi connectivity index (χ4v) is 2.17. The first kappa shape index (κ1) is 10.2. The van der Waals surface area contributed by atoms with Crippen molar-refractivity contribution in [1.29, 1.82) is 0 Å². The van der Waals surface area contributed by atoms with Crippen molar-refractivity contribution < 1.29 is 9.67 Å². The molecule has 0 amide bonds. The molecule has 0 spiro atoms. The topological polar surface area (TPSA) is 37.3 Å². The van der Waals surface area contributed by atoms with Crippen LogP contribution in [0, 0.1) is 0 Å². The van der Waals surface area contributed by atoms with E-state index in [9.17, 15) is 4.57 Å². The lowest BCUT2D eigenvalue weighted by Crippen LogP contribution is -2.14. The van der Waals surface area contributed by atoms with Gasteiger partial charge in [-0.25, -0.2) is 0 Å². The maximum atomic E-state index is 11.8. The normalized spacial score (nSPS) is 12.7. The van der Waals surface area contributed by atoms with Gasteiger partial charge in [0, 0.05) is 0 Å². The van der Waals surface area contributed by atoms with Gasteiger partial charge >= 0.3 is 7.80 Å². The number of hydrogen-bond acceptors (Lipinski definition) is 2. The third-order valence-electron chi connectivity index (χ3n) is 1.69. The molecule has 0 saturated carbocycles. The monoisotopic (exact) mass is 197 g/mol. The van der Waals surface area contributed by atoms with Crippen LogP contribution in [0.3, 0.4) is 0 Å². The van der Waals surface area contributed by atoms with E-state index in [0.717, 1.165) is 5.30 Å². The molecule has 0 aliphatic carbocycles. The first-order valence-electron chi connectivity index (χ1n) is 4.17. The van der Waals surface area contributed by atoms with E-state index >= 15 is 0 Å². The lowest BCUT2D eigenvalue weighted by molar-refractivity contribution is 0.475. The summed E-state index contributed by atoms with van der Waals surface area (Å²) in [5, 5.41) is 9.62. The zero-order chi connectivity index (χ0) is 10.1. The number of aromatic hydroxyl groups is 1. The maximum absolute atomic E-state index is 11.8. The van der Waals surface area contributed by atoms with Gasteiger partial charge in [-0.05, 0) is 45.0 Å². The fraction of sp³-hybridized carbons (Fsp3) is 0.400. The molecule has 2 nitrogen and oxygen atoms in total. The van der Waals surface area contributed by atoms with E-state index in [0.29, 0.717) is 0 Å². The third kappa shape index (κ3) is 2.53. The summed E-state index contributed by atoms with van der Waals surface area (Å²) in [6, 6.07) is 6.54. The second-order valence-electron chi connectivity index (χ2n) is 3.98. The van der Waals surface area contributed by atoms with E-state index in [2.05, 4.69) is 0 Å². The molecule has 0 aliphatic rings. The lowest BCUT2D eigenvalue weighted by Gasteiger charge is -2.04. The van der Waals surface area contributed by atoms with Crippen LogP contribution in [0.5, 0.6) is 5.75 Å². The summed E-state index contributed by atoms with van der Waals surface area (Å²) in [6.45, 7) is 5.83. The molecular weight excluding hydrogens is 183 g/mol. The molecule has 1 rings (SSSR count). The van der Waals surface area contributed by atoms with Crippen molar-refractivity contribution >= 4 is 13.1 Å². The van der Waals surface area contributed by atoms with Gasteiger partial charge in [-0.2, -0.15) is 0 Å². The minimum atomic E-state index is -1.39. The first-order chi connectivity index (χ1) is 5.91. The maximum Gasteiger partial charge on any atom is 0.382 e. The van der Waals surface area contributed by atoms with Crippen LogP contribution < -0.4 is 5.30 Å². The van der Waals surface area contributed by atoms with Crippen molar-refractivity contribution in [3.8, 4) is 5.75 Å². The summed E-state index contributed by atoms with van der Waals surface area (Å²) in [4.78, 5) is 0. The Labute approximate surface area is 79.4 Å². The van der Waals surface area contributed by atoms with Gasteiger partial charge in [0.2, 0.25) is 0 Å². The molecule has 70 valence electrons. The Hall–Kier alpha value is -0.880. The largest absolute Gasteiger partial charge is 0.508 e. The summed E-state index contributed by atoms with van der Waals surface area (Å²) in [7, 11) is -1.39.